The Hall–Kier alpha value is -3.29. The summed E-state index contributed by atoms with van der Waals surface area (Å²) in [6.45, 7) is 6.98. The number of rotatable bonds is 16. The first-order valence-electron chi connectivity index (χ1n) is 13.9. The SMILES string of the molecule is C=CCCC[C@](C)(O)[C@@H](CC/C(=C\CO)CO[Si](c1ccccc1)(c1ccccc1)c1ccccc1)OC(C)=O. The third-order valence-electron chi connectivity index (χ3n) is 7.22. The van der Waals surface area contributed by atoms with Crippen molar-refractivity contribution in [1.29, 1.82) is 0 Å². The molecule has 0 saturated heterocycles. The largest absolute Gasteiger partial charge is 0.459 e. The summed E-state index contributed by atoms with van der Waals surface area (Å²) in [5, 5.41) is 24.4. The predicted molar refractivity (Wildman–Crippen MR) is 165 cm³/mol. The third-order valence-corrected chi connectivity index (χ3v) is 11.2. The van der Waals surface area contributed by atoms with Gasteiger partial charge in [-0.25, -0.2) is 0 Å². The zero-order valence-electron chi connectivity index (χ0n) is 23.7. The number of ether oxygens (including phenoxy) is 1. The molecule has 0 spiro atoms. The van der Waals surface area contributed by atoms with Crippen LogP contribution in [0.2, 0.25) is 0 Å². The van der Waals surface area contributed by atoms with Crippen LogP contribution in [0, 0.1) is 0 Å². The van der Waals surface area contributed by atoms with Gasteiger partial charge in [-0.2, -0.15) is 0 Å². The molecule has 6 heteroatoms. The van der Waals surface area contributed by atoms with Crippen molar-refractivity contribution >= 4 is 29.8 Å². The molecule has 3 rings (SSSR count). The van der Waals surface area contributed by atoms with Gasteiger partial charge in [0, 0.05) is 6.92 Å². The van der Waals surface area contributed by atoms with E-state index in [1.54, 1.807) is 13.0 Å². The van der Waals surface area contributed by atoms with Crippen LogP contribution in [0.4, 0.5) is 0 Å². The molecule has 5 nitrogen and oxygen atoms in total. The van der Waals surface area contributed by atoms with Gasteiger partial charge in [-0.3, -0.25) is 4.79 Å². The molecule has 0 aliphatic rings. The van der Waals surface area contributed by atoms with Crippen LogP contribution in [0.1, 0.15) is 46.0 Å². The zero-order chi connectivity index (χ0) is 28.8. The summed E-state index contributed by atoms with van der Waals surface area (Å²) in [5.41, 5.74) is -0.294. The van der Waals surface area contributed by atoms with Crippen molar-refractivity contribution in [3.05, 3.63) is 115 Å². The van der Waals surface area contributed by atoms with Crippen molar-refractivity contribution in [3.8, 4) is 0 Å². The summed E-state index contributed by atoms with van der Waals surface area (Å²) >= 11 is 0. The van der Waals surface area contributed by atoms with Crippen molar-refractivity contribution < 1.29 is 24.2 Å². The Morgan fingerprint density at radius 1 is 0.950 bits per heavy atom. The Labute approximate surface area is 239 Å². The number of esters is 1. The number of allylic oxidation sites excluding steroid dienone is 1. The lowest BCUT2D eigenvalue weighted by Gasteiger charge is -2.34. The lowest BCUT2D eigenvalue weighted by Crippen LogP contribution is -2.69. The minimum Gasteiger partial charge on any atom is -0.459 e. The predicted octanol–water partition coefficient (Wildman–Crippen LogP) is 4.41. The molecule has 2 atom stereocenters. The molecule has 0 unspecified atom stereocenters. The zero-order valence-corrected chi connectivity index (χ0v) is 24.7. The first-order valence-corrected chi connectivity index (χ1v) is 15.8. The van der Waals surface area contributed by atoms with Crippen LogP contribution < -0.4 is 15.6 Å². The highest BCUT2D eigenvalue weighted by atomic mass is 28.4. The standard InChI is InChI=1S/C34H42O5Si/c1-4-5-15-25-34(3,37)33(39-28(2)36)23-22-29(24-26-35)27-38-40(30-16-9-6-10-17-30,31-18-11-7-12-19-31)32-20-13-8-14-21-32/h4,6-14,16-21,24,33,35,37H,1,5,15,22-23,25-27H2,2-3H3/b29-24+/t33-,34+/m1/s1. The maximum Gasteiger partial charge on any atom is 0.303 e. The Morgan fingerprint density at radius 3 is 1.88 bits per heavy atom. The van der Waals surface area contributed by atoms with Gasteiger partial charge < -0.3 is 19.4 Å². The Kier molecular flexibility index (Phi) is 12.1. The number of aliphatic hydroxyl groups is 2. The fourth-order valence-electron chi connectivity index (χ4n) is 5.11. The van der Waals surface area contributed by atoms with Crippen molar-refractivity contribution in [2.24, 2.45) is 0 Å². The molecule has 0 aliphatic heterocycles. The van der Waals surface area contributed by atoms with Gasteiger partial charge in [-0.05, 0) is 60.2 Å². The van der Waals surface area contributed by atoms with Crippen LogP contribution >= 0.6 is 0 Å². The molecule has 0 radical (unpaired) electrons. The van der Waals surface area contributed by atoms with Crippen molar-refractivity contribution in [1.82, 2.24) is 0 Å². The van der Waals surface area contributed by atoms with E-state index in [1.165, 1.54) is 6.92 Å². The van der Waals surface area contributed by atoms with E-state index in [4.69, 9.17) is 9.16 Å². The number of hydrogen-bond donors (Lipinski definition) is 2. The topological polar surface area (TPSA) is 76.0 Å². The van der Waals surface area contributed by atoms with Crippen LogP contribution in [0.25, 0.3) is 0 Å². The first-order chi connectivity index (χ1) is 19.3. The van der Waals surface area contributed by atoms with Gasteiger partial charge in [0.05, 0.1) is 18.8 Å². The smallest absolute Gasteiger partial charge is 0.303 e. The molecule has 0 bridgehead atoms. The maximum atomic E-state index is 11.9. The van der Waals surface area contributed by atoms with Crippen LogP contribution in [-0.2, 0) is 14.0 Å². The van der Waals surface area contributed by atoms with E-state index in [2.05, 4.69) is 43.0 Å². The van der Waals surface area contributed by atoms with Crippen LogP contribution in [-0.4, -0.2) is 49.4 Å². The third kappa shape index (κ3) is 8.35. The lowest BCUT2D eigenvalue weighted by atomic mass is 9.88. The van der Waals surface area contributed by atoms with Gasteiger partial charge in [-0.15, -0.1) is 6.58 Å². The summed E-state index contributed by atoms with van der Waals surface area (Å²) < 4.78 is 12.7. The minimum absolute atomic E-state index is 0.136. The van der Waals surface area contributed by atoms with Crippen LogP contribution in [0.3, 0.4) is 0 Å². The van der Waals surface area contributed by atoms with E-state index in [9.17, 15) is 15.0 Å². The van der Waals surface area contributed by atoms with E-state index in [1.807, 2.05) is 60.7 Å². The molecule has 0 heterocycles. The molecule has 3 aromatic carbocycles. The Morgan fingerprint density at radius 2 is 1.45 bits per heavy atom. The molecule has 0 saturated carbocycles. The summed E-state index contributed by atoms with van der Waals surface area (Å²) in [6, 6.07) is 31.0. The second-order valence-electron chi connectivity index (χ2n) is 10.3. The normalized spacial score (nSPS) is 14.2. The van der Waals surface area contributed by atoms with Gasteiger partial charge in [-0.1, -0.05) is 103 Å². The average molecular weight is 559 g/mol. The molecule has 2 N–H and O–H groups in total. The molecular weight excluding hydrogens is 516 g/mol. The molecular formula is C34H42O5Si. The molecule has 0 fully saturated rings. The molecule has 40 heavy (non-hydrogen) atoms. The van der Waals surface area contributed by atoms with Gasteiger partial charge in [0.15, 0.2) is 0 Å². The fraction of sp³-hybridized carbons (Fsp3) is 0.324. The summed E-state index contributed by atoms with van der Waals surface area (Å²) in [4.78, 5) is 11.9. The molecule has 0 amide bonds. The maximum absolute atomic E-state index is 11.9. The summed E-state index contributed by atoms with van der Waals surface area (Å²) in [5.74, 6) is -0.429. The van der Waals surface area contributed by atoms with Crippen molar-refractivity contribution in [3.63, 3.8) is 0 Å². The second kappa shape index (κ2) is 15.5. The van der Waals surface area contributed by atoms with Gasteiger partial charge in [0.2, 0.25) is 0 Å². The molecule has 0 aliphatic carbocycles. The van der Waals surface area contributed by atoms with E-state index in [0.29, 0.717) is 19.3 Å². The Balaban J connectivity index is 1.92. The monoisotopic (exact) mass is 558 g/mol. The average Bonchev–Trinajstić information content (AvgIpc) is 2.97. The van der Waals surface area contributed by atoms with E-state index in [-0.39, 0.29) is 13.2 Å². The summed E-state index contributed by atoms with van der Waals surface area (Å²) in [7, 11) is -2.92. The minimum atomic E-state index is -2.92. The van der Waals surface area contributed by atoms with Gasteiger partial charge in [0.1, 0.15) is 6.10 Å². The van der Waals surface area contributed by atoms with Crippen molar-refractivity contribution in [2.45, 2.75) is 57.7 Å². The highest BCUT2D eigenvalue weighted by Gasteiger charge is 2.42. The quantitative estimate of drug-likeness (QED) is 0.0896. The van der Waals surface area contributed by atoms with Crippen molar-refractivity contribution in [2.75, 3.05) is 13.2 Å². The number of carbonyl (C=O) groups is 1. The van der Waals surface area contributed by atoms with Gasteiger partial charge in [0.25, 0.3) is 8.32 Å². The van der Waals surface area contributed by atoms with E-state index >= 15 is 0 Å². The first kappa shape index (κ1) is 31.2. The van der Waals surface area contributed by atoms with Crippen LogP contribution in [0.15, 0.2) is 115 Å². The number of aliphatic hydroxyl groups excluding tert-OH is 1. The molecule has 0 aromatic heterocycles. The highest BCUT2D eigenvalue weighted by molar-refractivity contribution is 7.07. The summed E-state index contributed by atoms with van der Waals surface area (Å²) in [6.07, 6.45) is 5.81. The van der Waals surface area contributed by atoms with E-state index < -0.39 is 26.0 Å². The number of benzene rings is 3. The number of carbonyl (C=O) groups excluding carboxylic acids is 1. The Bertz CT molecular complexity index is 1110. The van der Waals surface area contributed by atoms with E-state index in [0.717, 1.165) is 34.0 Å². The second-order valence-corrected chi connectivity index (χ2v) is 13.7. The van der Waals surface area contributed by atoms with Gasteiger partial charge >= 0.3 is 5.97 Å². The highest BCUT2D eigenvalue weighted by Crippen LogP contribution is 2.26. The number of hydrogen-bond acceptors (Lipinski definition) is 5. The molecule has 3 aromatic rings. The molecule has 212 valence electrons. The lowest BCUT2D eigenvalue weighted by molar-refractivity contribution is -0.162. The van der Waals surface area contributed by atoms with Crippen LogP contribution in [0.5, 0.6) is 0 Å². The number of unbranched alkanes of at least 4 members (excludes halogenated alkanes) is 1. The fourth-order valence-corrected chi connectivity index (χ4v) is 9.00.